The van der Waals surface area contributed by atoms with Crippen LogP contribution in [0.25, 0.3) is 0 Å². The van der Waals surface area contributed by atoms with Crippen molar-refractivity contribution in [3.8, 4) is 5.75 Å². The summed E-state index contributed by atoms with van der Waals surface area (Å²) in [5, 5.41) is 3.03. The molecule has 0 bridgehead atoms. The number of benzene rings is 1. The first-order valence-electron chi connectivity index (χ1n) is 9.16. The molecule has 0 spiro atoms. The fourth-order valence-electron chi connectivity index (χ4n) is 3.31. The number of rotatable bonds is 8. The van der Waals surface area contributed by atoms with Gasteiger partial charge in [0, 0.05) is 12.1 Å². The molecule has 0 radical (unpaired) electrons. The van der Waals surface area contributed by atoms with E-state index in [4.69, 9.17) is 14.2 Å². The molecule has 1 aromatic rings. The second-order valence-corrected chi connectivity index (χ2v) is 6.76. The predicted molar refractivity (Wildman–Crippen MR) is 99.6 cm³/mol. The number of hydrogen-bond donors (Lipinski definition) is 1. The molecule has 2 rings (SSSR count). The summed E-state index contributed by atoms with van der Waals surface area (Å²) in [4.78, 5) is 38.4. The Morgan fingerprint density at radius 2 is 1.89 bits per heavy atom. The summed E-state index contributed by atoms with van der Waals surface area (Å²) in [5.74, 6) is -0.977. The van der Waals surface area contributed by atoms with Crippen LogP contribution in [0.2, 0.25) is 0 Å². The Kier molecular flexibility index (Phi) is 6.82. The zero-order valence-corrected chi connectivity index (χ0v) is 16.2. The molecule has 1 aliphatic rings. The topological polar surface area (TPSA) is 90.9 Å². The van der Waals surface area contributed by atoms with Gasteiger partial charge in [-0.1, -0.05) is 0 Å². The summed E-state index contributed by atoms with van der Waals surface area (Å²) >= 11 is 0. The number of esters is 2. The van der Waals surface area contributed by atoms with Gasteiger partial charge in [0.25, 0.3) is 0 Å². The van der Waals surface area contributed by atoms with Crippen molar-refractivity contribution < 1.29 is 28.6 Å². The summed E-state index contributed by atoms with van der Waals surface area (Å²) in [6, 6.07) is 5.71. The lowest BCUT2D eigenvalue weighted by atomic mass is 9.77. The van der Waals surface area contributed by atoms with Gasteiger partial charge in [-0.05, 0) is 57.9 Å². The molecule has 2 atom stereocenters. The lowest BCUT2D eigenvalue weighted by molar-refractivity contribution is -0.169. The van der Waals surface area contributed by atoms with Gasteiger partial charge in [-0.2, -0.15) is 0 Å². The molecule has 0 aliphatic heterocycles. The standard InChI is InChI=1S/C20H27NO6/c1-5-26-18(23)17(21-14-8-10-15(25-4)11-9-14)20(12-6-7-16(20)22)19(24)27-13(2)3/h8-11,13,17,21H,5-7,12H2,1-4H3. The van der Waals surface area contributed by atoms with Gasteiger partial charge in [0.2, 0.25) is 0 Å². The molecule has 2 unspecified atom stereocenters. The van der Waals surface area contributed by atoms with Crippen molar-refractivity contribution in [3.05, 3.63) is 24.3 Å². The van der Waals surface area contributed by atoms with E-state index in [1.807, 2.05) is 0 Å². The first-order chi connectivity index (χ1) is 12.8. The number of anilines is 1. The van der Waals surface area contributed by atoms with Crippen molar-refractivity contribution in [2.45, 2.75) is 52.2 Å². The lowest BCUT2D eigenvalue weighted by Crippen LogP contribution is -2.55. The average Bonchev–Trinajstić information content (AvgIpc) is 3.02. The second-order valence-electron chi connectivity index (χ2n) is 6.76. The lowest BCUT2D eigenvalue weighted by Gasteiger charge is -2.34. The van der Waals surface area contributed by atoms with Gasteiger partial charge in [-0.3, -0.25) is 9.59 Å². The van der Waals surface area contributed by atoms with E-state index in [0.717, 1.165) is 0 Å². The van der Waals surface area contributed by atoms with Crippen molar-refractivity contribution in [2.24, 2.45) is 5.41 Å². The number of Topliss-reactive ketones (excluding diaryl/α,β-unsaturated/α-hetero) is 1. The van der Waals surface area contributed by atoms with Crippen molar-refractivity contribution in [1.29, 1.82) is 0 Å². The summed E-state index contributed by atoms with van der Waals surface area (Å²) in [6.45, 7) is 5.24. The van der Waals surface area contributed by atoms with Crippen molar-refractivity contribution in [3.63, 3.8) is 0 Å². The van der Waals surface area contributed by atoms with Crippen LogP contribution in [-0.4, -0.2) is 43.6 Å². The molecule has 27 heavy (non-hydrogen) atoms. The summed E-state index contributed by atoms with van der Waals surface area (Å²) < 4.78 is 15.7. The van der Waals surface area contributed by atoms with E-state index in [1.165, 1.54) is 0 Å². The maximum atomic E-state index is 12.9. The number of hydrogen-bond acceptors (Lipinski definition) is 7. The maximum Gasteiger partial charge on any atom is 0.330 e. The molecule has 1 aromatic carbocycles. The highest BCUT2D eigenvalue weighted by Gasteiger charge is 2.59. The number of carbonyl (C=O) groups is 3. The Balaban J connectivity index is 2.42. The molecule has 7 heteroatoms. The molecule has 0 heterocycles. The first-order valence-corrected chi connectivity index (χ1v) is 9.16. The van der Waals surface area contributed by atoms with Crippen LogP contribution < -0.4 is 10.1 Å². The van der Waals surface area contributed by atoms with Crippen LogP contribution in [0.4, 0.5) is 5.69 Å². The Hall–Kier alpha value is -2.57. The Bertz CT molecular complexity index is 684. The average molecular weight is 377 g/mol. The summed E-state index contributed by atoms with van der Waals surface area (Å²) in [6.07, 6.45) is 0.593. The van der Waals surface area contributed by atoms with Crippen LogP contribution in [-0.2, 0) is 23.9 Å². The largest absolute Gasteiger partial charge is 0.497 e. The highest BCUT2D eigenvalue weighted by molar-refractivity contribution is 6.10. The first kappa shape index (κ1) is 20.7. The fraction of sp³-hybridized carbons (Fsp3) is 0.550. The monoisotopic (exact) mass is 377 g/mol. The van der Waals surface area contributed by atoms with E-state index in [-0.39, 0.29) is 25.2 Å². The number of methoxy groups -OCH3 is 1. The minimum atomic E-state index is -1.59. The van der Waals surface area contributed by atoms with Crippen LogP contribution in [0.15, 0.2) is 24.3 Å². The minimum absolute atomic E-state index is 0.142. The van der Waals surface area contributed by atoms with E-state index in [9.17, 15) is 14.4 Å². The van der Waals surface area contributed by atoms with E-state index >= 15 is 0 Å². The zero-order valence-electron chi connectivity index (χ0n) is 16.2. The van der Waals surface area contributed by atoms with Crippen LogP contribution in [0.1, 0.15) is 40.0 Å². The van der Waals surface area contributed by atoms with Gasteiger partial charge in [-0.25, -0.2) is 4.79 Å². The molecule has 1 aliphatic carbocycles. The molecule has 1 saturated carbocycles. The number of nitrogens with one attached hydrogen (secondary N) is 1. The SMILES string of the molecule is CCOC(=O)C(Nc1ccc(OC)cc1)C1(C(=O)OC(C)C)CCCC1=O. The van der Waals surface area contributed by atoms with Gasteiger partial charge < -0.3 is 19.5 Å². The van der Waals surface area contributed by atoms with Crippen molar-refractivity contribution in [2.75, 3.05) is 19.0 Å². The fourth-order valence-corrected chi connectivity index (χ4v) is 3.31. The van der Waals surface area contributed by atoms with E-state index in [1.54, 1.807) is 52.1 Å². The van der Waals surface area contributed by atoms with Gasteiger partial charge in [0.1, 0.15) is 11.8 Å². The van der Waals surface area contributed by atoms with Crippen LogP contribution in [0.3, 0.4) is 0 Å². The Labute approximate surface area is 159 Å². The maximum absolute atomic E-state index is 12.9. The van der Waals surface area contributed by atoms with Gasteiger partial charge in [0.15, 0.2) is 11.2 Å². The van der Waals surface area contributed by atoms with Gasteiger partial charge >= 0.3 is 11.9 Å². The summed E-state index contributed by atoms with van der Waals surface area (Å²) in [7, 11) is 1.55. The summed E-state index contributed by atoms with van der Waals surface area (Å²) in [5.41, 5.74) is -1.01. The zero-order chi connectivity index (χ0) is 20.0. The molecular formula is C20H27NO6. The molecule has 7 nitrogen and oxygen atoms in total. The third-order valence-electron chi connectivity index (χ3n) is 4.60. The Morgan fingerprint density at radius 1 is 1.22 bits per heavy atom. The van der Waals surface area contributed by atoms with Crippen LogP contribution in [0.5, 0.6) is 5.75 Å². The molecule has 1 N–H and O–H groups in total. The van der Waals surface area contributed by atoms with Crippen molar-refractivity contribution >= 4 is 23.4 Å². The van der Waals surface area contributed by atoms with Gasteiger partial charge in [-0.15, -0.1) is 0 Å². The number of ether oxygens (including phenoxy) is 3. The smallest absolute Gasteiger partial charge is 0.330 e. The Morgan fingerprint density at radius 3 is 2.37 bits per heavy atom. The molecule has 0 aromatic heterocycles. The predicted octanol–water partition coefficient (Wildman–Crippen LogP) is 2.73. The van der Waals surface area contributed by atoms with E-state index in [0.29, 0.717) is 17.9 Å². The molecule has 0 saturated heterocycles. The number of ketones is 1. The van der Waals surface area contributed by atoms with Crippen LogP contribution >= 0.6 is 0 Å². The quantitative estimate of drug-likeness (QED) is 0.550. The second kappa shape index (κ2) is 8.88. The van der Waals surface area contributed by atoms with E-state index in [2.05, 4.69) is 5.32 Å². The van der Waals surface area contributed by atoms with E-state index < -0.39 is 29.5 Å². The number of carbonyl (C=O) groups excluding carboxylic acids is 3. The van der Waals surface area contributed by atoms with Crippen LogP contribution in [0, 0.1) is 5.41 Å². The normalized spacial score (nSPS) is 20.3. The molecule has 1 fully saturated rings. The highest BCUT2D eigenvalue weighted by Crippen LogP contribution is 2.41. The van der Waals surface area contributed by atoms with Crippen molar-refractivity contribution in [1.82, 2.24) is 0 Å². The molecule has 148 valence electrons. The third kappa shape index (κ3) is 4.40. The highest BCUT2D eigenvalue weighted by atomic mass is 16.5. The molecular weight excluding hydrogens is 350 g/mol. The van der Waals surface area contributed by atoms with Gasteiger partial charge in [0.05, 0.1) is 19.8 Å². The third-order valence-corrected chi connectivity index (χ3v) is 4.60. The minimum Gasteiger partial charge on any atom is -0.497 e. The molecule has 0 amide bonds.